The van der Waals surface area contributed by atoms with Gasteiger partial charge in [-0.05, 0) is 49.2 Å². The summed E-state index contributed by atoms with van der Waals surface area (Å²) < 4.78 is 0. The van der Waals surface area contributed by atoms with Gasteiger partial charge in [0.05, 0.1) is 0 Å². The number of piperidine rings is 1. The van der Waals surface area contributed by atoms with Gasteiger partial charge in [0, 0.05) is 49.9 Å². The summed E-state index contributed by atoms with van der Waals surface area (Å²) in [6.45, 7) is 1.16. The highest BCUT2D eigenvalue weighted by atomic mass is 16.2. The molecule has 146 valence electrons. The standard InChI is InChI=1S/C22H25N3O3/c1-24(2)21(27)18-12-14-25(15-13-18)22(28)17-8-10-19(11-9-17)23-20(26)16-6-4-3-5-7-16/h3-11,18H,12-15H2,1-2H3,(H,23,26). The third kappa shape index (κ3) is 4.57. The Morgan fingerprint density at radius 2 is 1.50 bits per heavy atom. The number of likely N-dealkylation sites (tertiary alicyclic amines) is 1. The van der Waals surface area contributed by atoms with Crippen LogP contribution in [0.2, 0.25) is 0 Å². The summed E-state index contributed by atoms with van der Waals surface area (Å²) >= 11 is 0. The van der Waals surface area contributed by atoms with Crippen LogP contribution >= 0.6 is 0 Å². The minimum Gasteiger partial charge on any atom is -0.349 e. The van der Waals surface area contributed by atoms with Crippen molar-refractivity contribution in [3.8, 4) is 0 Å². The molecule has 0 saturated carbocycles. The normalized spacial score (nSPS) is 14.4. The molecule has 3 rings (SSSR count). The molecule has 1 heterocycles. The van der Waals surface area contributed by atoms with Gasteiger partial charge in [0.15, 0.2) is 0 Å². The third-order valence-corrected chi connectivity index (χ3v) is 5.00. The number of carbonyl (C=O) groups is 3. The summed E-state index contributed by atoms with van der Waals surface area (Å²) in [5.74, 6) is -0.107. The Bertz CT molecular complexity index is 839. The highest BCUT2D eigenvalue weighted by Crippen LogP contribution is 2.21. The largest absolute Gasteiger partial charge is 0.349 e. The molecule has 3 amide bonds. The summed E-state index contributed by atoms with van der Waals surface area (Å²) in [5.41, 5.74) is 1.80. The molecule has 1 aliphatic rings. The molecule has 0 bridgehead atoms. The fraction of sp³-hybridized carbons (Fsp3) is 0.318. The highest BCUT2D eigenvalue weighted by molar-refractivity contribution is 6.04. The van der Waals surface area contributed by atoms with Crippen LogP contribution in [0.3, 0.4) is 0 Å². The number of rotatable bonds is 4. The molecule has 1 aliphatic heterocycles. The Balaban J connectivity index is 1.57. The first-order valence-corrected chi connectivity index (χ1v) is 9.42. The molecule has 2 aromatic carbocycles. The second-order valence-corrected chi connectivity index (χ2v) is 7.20. The number of anilines is 1. The maximum atomic E-state index is 12.7. The van der Waals surface area contributed by atoms with Crippen LogP contribution in [0.5, 0.6) is 0 Å². The van der Waals surface area contributed by atoms with Crippen molar-refractivity contribution in [1.29, 1.82) is 0 Å². The molecule has 1 saturated heterocycles. The summed E-state index contributed by atoms with van der Waals surface area (Å²) in [6.07, 6.45) is 1.38. The Morgan fingerprint density at radius 3 is 2.07 bits per heavy atom. The molecule has 28 heavy (non-hydrogen) atoms. The number of nitrogens with one attached hydrogen (secondary N) is 1. The summed E-state index contributed by atoms with van der Waals surface area (Å²) in [7, 11) is 3.52. The van der Waals surface area contributed by atoms with Crippen molar-refractivity contribution >= 4 is 23.4 Å². The minimum atomic E-state index is -0.188. The Morgan fingerprint density at radius 1 is 0.893 bits per heavy atom. The van der Waals surface area contributed by atoms with Gasteiger partial charge in [0.2, 0.25) is 5.91 Å². The van der Waals surface area contributed by atoms with Gasteiger partial charge in [-0.2, -0.15) is 0 Å². The molecule has 0 unspecified atom stereocenters. The fourth-order valence-electron chi connectivity index (χ4n) is 3.37. The number of benzene rings is 2. The van der Waals surface area contributed by atoms with Gasteiger partial charge in [0.1, 0.15) is 0 Å². The zero-order valence-corrected chi connectivity index (χ0v) is 16.2. The topological polar surface area (TPSA) is 69.7 Å². The van der Waals surface area contributed by atoms with Crippen LogP contribution in [0.15, 0.2) is 54.6 Å². The van der Waals surface area contributed by atoms with E-state index in [1.165, 1.54) is 0 Å². The van der Waals surface area contributed by atoms with Crippen molar-refractivity contribution in [3.05, 3.63) is 65.7 Å². The van der Waals surface area contributed by atoms with E-state index in [2.05, 4.69) is 5.32 Å². The average Bonchev–Trinajstić information content (AvgIpc) is 2.74. The predicted octanol–water partition coefficient (Wildman–Crippen LogP) is 2.88. The average molecular weight is 379 g/mol. The van der Waals surface area contributed by atoms with Crippen molar-refractivity contribution in [1.82, 2.24) is 9.80 Å². The van der Waals surface area contributed by atoms with E-state index in [1.54, 1.807) is 60.3 Å². The van der Waals surface area contributed by atoms with Crippen LogP contribution < -0.4 is 5.32 Å². The van der Waals surface area contributed by atoms with Crippen LogP contribution in [-0.2, 0) is 4.79 Å². The summed E-state index contributed by atoms with van der Waals surface area (Å²) in [4.78, 5) is 40.4. The second kappa shape index (κ2) is 8.69. The number of carbonyl (C=O) groups excluding carboxylic acids is 3. The molecule has 0 radical (unpaired) electrons. The first-order chi connectivity index (χ1) is 13.5. The zero-order valence-electron chi connectivity index (χ0n) is 16.2. The number of nitrogens with zero attached hydrogens (tertiary/aromatic N) is 2. The number of hydrogen-bond donors (Lipinski definition) is 1. The molecule has 2 aromatic rings. The predicted molar refractivity (Wildman–Crippen MR) is 108 cm³/mol. The van der Waals surface area contributed by atoms with Gasteiger partial charge >= 0.3 is 0 Å². The Hall–Kier alpha value is -3.15. The van der Waals surface area contributed by atoms with E-state index in [0.29, 0.717) is 42.7 Å². The monoisotopic (exact) mass is 379 g/mol. The molecular weight excluding hydrogens is 354 g/mol. The van der Waals surface area contributed by atoms with Crippen LogP contribution in [0, 0.1) is 5.92 Å². The molecule has 6 heteroatoms. The molecule has 0 aliphatic carbocycles. The number of hydrogen-bond acceptors (Lipinski definition) is 3. The molecule has 0 spiro atoms. The van der Waals surface area contributed by atoms with Crippen LogP contribution in [0.4, 0.5) is 5.69 Å². The first kappa shape index (κ1) is 19.6. The van der Waals surface area contributed by atoms with Crippen LogP contribution in [-0.4, -0.2) is 54.7 Å². The molecule has 6 nitrogen and oxygen atoms in total. The lowest BCUT2D eigenvalue weighted by Gasteiger charge is -2.32. The number of amides is 3. The second-order valence-electron chi connectivity index (χ2n) is 7.20. The van der Waals surface area contributed by atoms with Gasteiger partial charge < -0.3 is 15.1 Å². The lowest BCUT2D eigenvalue weighted by Crippen LogP contribution is -2.42. The van der Waals surface area contributed by atoms with E-state index >= 15 is 0 Å². The lowest BCUT2D eigenvalue weighted by atomic mass is 9.95. The molecule has 0 atom stereocenters. The Kier molecular flexibility index (Phi) is 6.09. The van der Waals surface area contributed by atoms with Gasteiger partial charge in [-0.3, -0.25) is 14.4 Å². The smallest absolute Gasteiger partial charge is 0.255 e. The molecular formula is C22H25N3O3. The van der Waals surface area contributed by atoms with E-state index in [0.717, 1.165) is 0 Å². The first-order valence-electron chi connectivity index (χ1n) is 9.42. The molecule has 0 aromatic heterocycles. The summed E-state index contributed by atoms with van der Waals surface area (Å²) in [5, 5.41) is 2.83. The van der Waals surface area contributed by atoms with E-state index in [4.69, 9.17) is 0 Å². The quantitative estimate of drug-likeness (QED) is 0.888. The van der Waals surface area contributed by atoms with Crippen molar-refractivity contribution in [2.24, 2.45) is 5.92 Å². The van der Waals surface area contributed by atoms with Crippen molar-refractivity contribution in [2.45, 2.75) is 12.8 Å². The minimum absolute atomic E-state index is 0.00498. The highest BCUT2D eigenvalue weighted by Gasteiger charge is 2.28. The SMILES string of the molecule is CN(C)C(=O)C1CCN(C(=O)c2ccc(NC(=O)c3ccccc3)cc2)CC1. The van der Waals surface area contributed by atoms with Gasteiger partial charge in [-0.15, -0.1) is 0 Å². The molecule has 1 fully saturated rings. The maximum Gasteiger partial charge on any atom is 0.255 e. The van der Waals surface area contributed by atoms with Crippen molar-refractivity contribution < 1.29 is 14.4 Å². The van der Waals surface area contributed by atoms with E-state index < -0.39 is 0 Å². The van der Waals surface area contributed by atoms with Crippen LogP contribution in [0.1, 0.15) is 33.6 Å². The van der Waals surface area contributed by atoms with Gasteiger partial charge in [0.25, 0.3) is 11.8 Å². The molecule has 1 N–H and O–H groups in total. The third-order valence-electron chi connectivity index (χ3n) is 5.00. The van der Waals surface area contributed by atoms with Gasteiger partial charge in [-0.1, -0.05) is 18.2 Å². The zero-order chi connectivity index (χ0) is 20.1. The van der Waals surface area contributed by atoms with Gasteiger partial charge in [-0.25, -0.2) is 0 Å². The lowest BCUT2D eigenvalue weighted by molar-refractivity contribution is -0.134. The van der Waals surface area contributed by atoms with Crippen molar-refractivity contribution in [3.63, 3.8) is 0 Å². The summed E-state index contributed by atoms with van der Waals surface area (Å²) in [6, 6.07) is 15.9. The van der Waals surface area contributed by atoms with Crippen molar-refractivity contribution in [2.75, 3.05) is 32.5 Å². The van der Waals surface area contributed by atoms with Crippen LogP contribution in [0.25, 0.3) is 0 Å². The van der Waals surface area contributed by atoms with E-state index in [1.807, 2.05) is 18.2 Å². The fourth-order valence-corrected chi connectivity index (χ4v) is 3.37. The maximum absolute atomic E-state index is 12.7. The van der Waals surface area contributed by atoms with E-state index in [9.17, 15) is 14.4 Å². The Labute approximate surface area is 165 Å². The van der Waals surface area contributed by atoms with E-state index in [-0.39, 0.29) is 23.6 Å².